The Balaban J connectivity index is 1.80. The molecule has 1 aromatic carbocycles. The van der Waals surface area contributed by atoms with Crippen molar-refractivity contribution < 1.29 is 4.92 Å². The molecule has 0 amide bonds. The van der Waals surface area contributed by atoms with Gasteiger partial charge in [-0.1, -0.05) is 6.42 Å². The maximum atomic E-state index is 13.4. The SMILES string of the molecule is CN1CCC(n2c(=O)c3cc([N+](=O)[O-])ccc3n(CCN3CCCCC3)c2=O)CC1. The van der Waals surface area contributed by atoms with Crippen molar-refractivity contribution in [3.05, 3.63) is 49.2 Å². The van der Waals surface area contributed by atoms with Gasteiger partial charge in [-0.15, -0.1) is 0 Å². The third kappa shape index (κ3) is 4.04. The van der Waals surface area contributed by atoms with Crippen LogP contribution in [0.2, 0.25) is 0 Å². The Labute approximate surface area is 174 Å². The van der Waals surface area contributed by atoms with E-state index < -0.39 is 10.5 Å². The maximum absolute atomic E-state index is 13.4. The highest BCUT2D eigenvalue weighted by molar-refractivity contribution is 5.80. The van der Waals surface area contributed by atoms with Crippen molar-refractivity contribution >= 4 is 16.6 Å². The molecule has 2 fully saturated rings. The molecule has 0 bridgehead atoms. The highest BCUT2D eigenvalue weighted by atomic mass is 16.6. The van der Waals surface area contributed by atoms with Crippen LogP contribution in [0, 0.1) is 10.1 Å². The number of hydrogen-bond acceptors (Lipinski definition) is 6. The van der Waals surface area contributed by atoms with E-state index in [0.717, 1.165) is 58.4 Å². The predicted molar refractivity (Wildman–Crippen MR) is 115 cm³/mol. The molecular formula is C21H29N5O4. The second-order valence-electron chi connectivity index (χ2n) is 8.50. The van der Waals surface area contributed by atoms with E-state index in [0.29, 0.717) is 12.1 Å². The van der Waals surface area contributed by atoms with Gasteiger partial charge >= 0.3 is 5.69 Å². The van der Waals surface area contributed by atoms with Crippen molar-refractivity contribution in [2.45, 2.75) is 44.7 Å². The Bertz CT molecular complexity index is 1050. The van der Waals surface area contributed by atoms with E-state index in [-0.39, 0.29) is 22.8 Å². The summed E-state index contributed by atoms with van der Waals surface area (Å²) in [6, 6.07) is 4.07. The van der Waals surface area contributed by atoms with Crippen LogP contribution in [0.25, 0.3) is 10.9 Å². The number of nitro groups is 1. The van der Waals surface area contributed by atoms with Crippen LogP contribution < -0.4 is 11.2 Å². The summed E-state index contributed by atoms with van der Waals surface area (Å²) >= 11 is 0. The van der Waals surface area contributed by atoms with Crippen LogP contribution in [0.3, 0.4) is 0 Å². The fourth-order valence-corrected chi connectivity index (χ4v) is 4.71. The standard InChI is InChI=1S/C21H29N5O4/c1-22-11-7-16(8-12-22)25-20(27)18-15-17(26(29)30)5-6-19(18)24(21(25)28)14-13-23-9-3-2-4-10-23/h5-6,15-16H,2-4,7-14H2,1H3. The molecule has 9 heteroatoms. The van der Waals surface area contributed by atoms with Crippen molar-refractivity contribution in [3.63, 3.8) is 0 Å². The first kappa shape index (κ1) is 20.7. The molecule has 162 valence electrons. The van der Waals surface area contributed by atoms with Crippen LogP contribution in [0.1, 0.15) is 38.1 Å². The number of rotatable bonds is 5. The molecule has 9 nitrogen and oxygen atoms in total. The number of non-ortho nitro benzene ring substituents is 1. The average Bonchev–Trinajstić information content (AvgIpc) is 2.75. The third-order valence-electron chi connectivity index (χ3n) is 6.51. The van der Waals surface area contributed by atoms with E-state index in [9.17, 15) is 19.7 Å². The van der Waals surface area contributed by atoms with E-state index in [1.54, 1.807) is 10.6 Å². The van der Waals surface area contributed by atoms with Gasteiger partial charge in [0.2, 0.25) is 0 Å². The summed E-state index contributed by atoms with van der Waals surface area (Å²) in [6.45, 7) is 4.88. The van der Waals surface area contributed by atoms with Gasteiger partial charge in [-0.05, 0) is 65.0 Å². The predicted octanol–water partition coefficient (Wildman–Crippen LogP) is 1.82. The summed E-state index contributed by atoms with van der Waals surface area (Å²) in [4.78, 5) is 42.0. The molecule has 2 saturated heterocycles. The minimum Gasteiger partial charge on any atom is -0.306 e. The van der Waals surface area contributed by atoms with E-state index in [4.69, 9.17) is 0 Å². The molecule has 0 saturated carbocycles. The van der Waals surface area contributed by atoms with Gasteiger partial charge < -0.3 is 9.80 Å². The fourth-order valence-electron chi connectivity index (χ4n) is 4.71. The summed E-state index contributed by atoms with van der Waals surface area (Å²) in [7, 11) is 2.03. The molecule has 0 radical (unpaired) electrons. The highest BCUT2D eigenvalue weighted by Gasteiger charge is 2.25. The molecule has 4 rings (SSSR count). The molecule has 0 N–H and O–H groups in total. The Kier molecular flexibility index (Phi) is 6.01. The molecule has 2 aliphatic heterocycles. The highest BCUT2D eigenvalue weighted by Crippen LogP contribution is 2.22. The lowest BCUT2D eigenvalue weighted by molar-refractivity contribution is -0.384. The minimum absolute atomic E-state index is 0.129. The van der Waals surface area contributed by atoms with Gasteiger partial charge in [0.05, 0.1) is 15.8 Å². The Hall–Kier alpha value is -2.52. The molecule has 0 aliphatic carbocycles. The molecule has 0 spiro atoms. The van der Waals surface area contributed by atoms with Crippen LogP contribution >= 0.6 is 0 Å². The third-order valence-corrected chi connectivity index (χ3v) is 6.51. The zero-order chi connectivity index (χ0) is 21.3. The normalized spacial score (nSPS) is 19.4. The lowest BCUT2D eigenvalue weighted by atomic mass is 10.0. The second kappa shape index (κ2) is 8.69. The average molecular weight is 415 g/mol. The zero-order valence-corrected chi connectivity index (χ0v) is 17.5. The largest absolute Gasteiger partial charge is 0.331 e. The summed E-state index contributed by atoms with van der Waals surface area (Å²) in [5, 5.41) is 11.5. The molecule has 0 atom stereocenters. The Morgan fingerprint density at radius 1 is 1.03 bits per heavy atom. The van der Waals surface area contributed by atoms with Crippen molar-refractivity contribution in [2.24, 2.45) is 0 Å². The van der Waals surface area contributed by atoms with Crippen molar-refractivity contribution in [1.82, 2.24) is 18.9 Å². The smallest absolute Gasteiger partial charge is 0.306 e. The van der Waals surface area contributed by atoms with Crippen molar-refractivity contribution in [1.29, 1.82) is 0 Å². The van der Waals surface area contributed by atoms with Crippen LogP contribution in [0.4, 0.5) is 5.69 Å². The topological polar surface area (TPSA) is 93.6 Å². The van der Waals surface area contributed by atoms with E-state index in [2.05, 4.69) is 9.80 Å². The van der Waals surface area contributed by atoms with Crippen LogP contribution in [0.5, 0.6) is 0 Å². The molecule has 0 unspecified atom stereocenters. The Morgan fingerprint density at radius 2 is 1.73 bits per heavy atom. The fraction of sp³-hybridized carbons (Fsp3) is 0.619. The molecular weight excluding hydrogens is 386 g/mol. The summed E-state index contributed by atoms with van der Waals surface area (Å²) in [5.74, 6) is 0. The first-order chi connectivity index (χ1) is 14.5. The molecule has 2 aromatic rings. The van der Waals surface area contributed by atoms with Gasteiger partial charge in [0.1, 0.15) is 0 Å². The Morgan fingerprint density at radius 3 is 2.40 bits per heavy atom. The first-order valence-electron chi connectivity index (χ1n) is 10.8. The number of hydrogen-bond donors (Lipinski definition) is 0. The van der Waals surface area contributed by atoms with Gasteiger partial charge in [0, 0.05) is 31.3 Å². The van der Waals surface area contributed by atoms with Crippen LogP contribution in [-0.4, -0.2) is 63.6 Å². The van der Waals surface area contributed by atoms with Crippen LogP contribution in [-0.2, 0) is 6.54 Å². The van der Waals surface area contributed by atoms with Crippen molar-refractivity contribution in [2.75, 3.05) is 39.8 Å². The van der Waals surface area contributed by atoms with Gasteiger partial charge in [-0.25, -0.2) is 4.79 Å². The van der Waals surface area contributed by atoms with Gasteiger partial charge in [0.25, 0.3) is 11.2 Å². The lowest BCUT2D eigenvalue weighted by Crippen LogP contribution is -2.46. The number of piperidine rings is 2. The number of nitrogens with zero attached hydrogens (tertiary/aromatic N) is 5. The van der Waals surface area contributed by atoms with Gasteiger partial charge in [-0.3, -0.25) is 24.0 Å². The van der Waals surface area contributed by atoms with Gasteiger partial charge in [0.15, 0.2) is 0 Å². The summed E-state index contributed by atoms with van der Waals surface area (Å²) < 4.78 is 3.00. The molecule has 30 heavy (non-hydrogen) atoms. The zero-order valence-electron chi connectivity index (χ0n) is 17.5. The second-order valence-corrected chi connectivity index (χ2v) is 8.50. The number of fused-ring (bicyclic) bond motifs is 1. The van der Waals surface area contributed by atoms with Crippen molar-refractivity contribution in [3.8, 4) is 0 Å². The molecule has 2 aliphatic rings. The van der Waals surface area contributed by atoms with Gasteiger partial charge in [-0.2, -0.15) is 0 Å². The number of benzene rings is 1. The monoisotopic (exact) mass is 415 g/mol. The summed E-state index contributed by atoms with van der Waals surface area (Å²) in [5.41, 5.74) is -0.358. The van der Waals surface area contributed by atoms with Crippen LogP contribution in [0.15, 0.2) is 27.8 Å². The van der Waals surface area contributed by atoms with E-state index >= 15 is 0 Å². The van der Waals surface area contributed by atoms with E-state index in [1.165, 1.54) is 23.1 Å². The quantitative estimate of drug-likeness (QED) is 0.546. The number of likely N-dealkylation sites (tertiary alicyclic amines) is 2. The molecule has 1 aromatic heterocycles. The molecule has 3 heterocycles. The maximum Gasteiger partial charge on any atom is 0.331 e. The number of nitro benzene ring substituents is 1. The lowest BCUT2D eigenvalue weighted by Gasteiger charge is -2.30. The first-order valence-corrected chi connectivity index (χ1v) is 10.8. The summed E-state index contributed by atoms with van der Waals surface area (Å²) in [6.07, 6.45) is 5.01. The minimum atomic E-state index is -0.498. The number of aromatic nitrogens is 2. The van der Waals surface area contributed by atoms with E-state index in [1.807, 2.05) is 7.05 Å².